The van der Waals surface area contributed by atoms with E-state index < -0.39 is 5.97 Å². The number of hydrogen-bond donors (Lipinski definition) is 2. The molecule has 3 rings (SSSR count). The van der Waals surface area contributed by atoms with Crippen molar-refractivity contribution in [3.63, 3.8) is 0 Å². The summed E-state index contributed by atoms with van der Waals surface area (Å²) in [5, 5.41) is 12.5. The van der Waals surface area contributed by atoms with Crippen molar-refractivity contribution in [2.24, 2.45) is 0 Å². The number of benzene rings is 1. The van der Waals surface area contributed by atoms with Crippen molar-refractivity contribution >= 4 is 11.7 Å². The number of carboxylic acid groups (broad SMARTS) is 1. The first-order valence-corrected chi connectivity index (χ1v) is 8.27. The molecule has 0 radical (unpaired) electrons. The third-order valence-corrected chi connectivity index (χ3v) is 4.30. The average molecular weight is 320 g/mol. The van der Waals surface area contributed by atoms with Crippen molar-refractivity contribution in [1.29, 1.82) is 0 Å². The van der Waals surface area contributed by atoms with Crippen molar-refractivity contribution in [1.82, 2.24) is 5.32 Å². The van der Waals surface area contributed by atoms with Crippen LogP contribution in [0.1, 0.15) is 18.4 Å². The van der Waals surface area contributed by atoms with Crippen molar-refractivity contribution in [3.8, 4) is 5.75 Å². The second-order valence-electron chi connectivity index (χ2n) is 6.05. The van der Waals surface area contributed by atoms with Gasteiger partial charge in [-0.15, -0.1) is 0 Å². The molecule has 0 amide bonds. The molecule has 2 heterocycles. The van der Waals surface area contributed by atoms with Crippen LogP contribution in [-0.4, -0.2) is 56.6 Å². The van der Waals surface area contributed by atoms with Crippen molar-refractivity contribution in [3.05, 3.63) is 23.8 Å². The average Bonchev–Trinajstić information content (AvgIpc) is 3.05. The molecule has 6 heteroatoms. The Morgan fingerprint density at radius 2 is 2.30 bits per heavy atom. The molecule has 0 bridgehead atoms. The van der Waals surface area contributed by atoms with Gasteiger partial charge in [-0.2, -0.15) is 0 Å². The van der Waals surface area contributed by atoms with Crippen molar-refractivity contribution in [2.45, 2.75) is 25.4 Å². The predicted molar refractivity (Wildman–Crippen MR) is 87.3 cm³/mol. The van der Waals surface area contributed by atoms with Gasteiger partial charge in [-0.1, -0.05) is 6.07 Å². The first-order valence-electron chi connectivity index (χ1n) is 8.27. The number of rotatable bonds is 7. The van der Waals surface area contributed by atoms with E-state index in [9.17, 15) is 4.79 Å². The third kappa shape index (κ3) is 4.36. The fraction of sp³-hybridized carbons (Fsp3) is 0.588. The van der Waals surface area contributed by atoms with Crippen LogP contribution < -0.4 is 15.0 Å². The lowest BCUT2D eigenvalue weighted by atomic mass is 10.1. The number of ether oxygens (including phenoxy) is 2. The summed E-state index contributed by atoms with van der Waals surface area (Å²) in [5.74, 6) is -0.0463. The highest BCUT2D eigenvalue weighted by Crippen LogP contribution is 2.32. The Labute approximate surface area is 136 Å². The van der Waals surface area contributed by atoms with E-state index in [0.29, 0.717) is 19.3 Å². The van der Waals surface area contributed by atoms with Gasteiger partial charge in [0.15, 0.2) is 0 Å². The van der Waals surface area contributed by atoms with Gasteiger partial charge in [0.05, 0.1) is 18.3 Å². The van der Waals surface area contributed by atoms with Gasteiger partial charge in [0, 0.05) is 13.2 Å². The topological polar surface area (TPSA) is 71.0 Å². The fourth-order valence-corrected chi connectivity index (χ4v) is 3.10. The lowest BCUT2D eigenvalue weighted by molar-refractivity contribution is -0.135. The molecule has 0 saturated carbocycles. The van der Waals surface area contributed by atoms with Gasteiger partial charge >= 0.3 is 5.97 Å². The SMILES string of the molecule is O=C(O)CN1CCOc2ccc(CCNCC3CCCO3)cc21. The molecule has 23 heavy (non-hydrogen) atoms. The summed E-state index contributed by atoms with van der Waals surface area (Å²) in [6.07, 6.45) is 3.57. The molecule has 1 atom stereocenters. The first-order chi connectivity index (χ1) is 11.2. The van der Waals surface area contributed by atoms with Crippen LogP contribution in [-0.2, 0) is 16.0 Å². The van der Waals surface area contributed by atoms with Crippen molar-refractivity contribution in [2.75, 3.05) is 44.3 Å². The smallest absolute Gasteiger partial charge is 0.323 e. The maximum absolute atomic E-state index is 11.0. The number of carbonyl (C=O) groups is 1. The van der Waals surface area contributed by atoms with Gasteiger partial charge < -0.3 is 24.8 Å². The summed E-state index contributed by atoms with van der Waals surface area (Å²) in [4.78, 5) is 12.9. The molecule has 1 aromatic carbocycles. The summed E-state index contributed by atoms with van der Waals surface area (Å²) in [7, 11) is 0. The van der Waals surface area contributed by atoms with Gasteiger partial charge in [-0.05, 0) is 43.5 Å². The highest BCUT2D eigenvalue weighted by Gasteiger charge is 2.20. The van der Waals surface area contributed by atoms with Gasteiger partial charge in [0.2, 0.25) is 0 Å². The second-order valence-corrected chi connectivity index (χ2v) is 6.05. The molecule has 0 aliphatic carbocycles. The molecule has 1 fully saturated rings. The molecule has 2 N–H and O–H groups in total. The molecule has 126 valence electrons. The van der Waals surface area contributed by atoms with E-state index >= 15 is 0 Å². The van der Waals surface area contributed by atoms with Crippen LogP contribution in [0.3, 0.4) is 0 Å². The molecule has 2 aliphatic rings. The van der Waals surface area contributed by atoms with Gasteiger partial charge in [-0.3, -0.25) is 4.79 Å². The molecule has 2 aliphatic heterocycles. The van der Waals surface area contributed by atoms with Crippen LogP contribution in [0.25, 0.3) is 0 Å². The molecule has 0 aromatic heterocycles. The number of fused-ring (bicyclic) bond motifs is 1. The van der Waals surface area contributed by atoms with Crippen molar-refractivity contribution < 1.29 is 19.4 Å². The van der Waals surface area contributed by atoms with E-state index in [-0.39, 0.29) is 6.54 Å². The summed E-state index contributed by atoms with van der Waals surface area (Å²) < 4.78 is 11.2. The molecule has 6 nitrogen and oxygen atoms in total. The Morgan fingerprint density at radius 3 is 3.09 bits per heavy atom. The van der Waals surface area contributed by atoms with E-state index in [1.165, 1.54) is 5.56 Å². The minimum atomic E-state index is -0.818. The maximum Gasteiger partial charge on any atom is 0.323 e. The van der Waals surface area contributed by atoms with Crippen LogP contribution >= 0.6 is 0 Å². The summed E-state index contributed by atoms with van der Waals surface area (Å²) in [6, 6.07) is 6.04. The van der Waals surface area contributed by atoms with Gasteiger partial charge in [-0.25, -0.2) is 0 Å². The standard InChI is InChI=1S/C17H24N2O4/c20-17(21)12-19-7-9-23-16-4-3-13(10-15(16)19)5-6-18-11-14-2-1-8-22-14/h3-4,10,14,18H,1-2,5-9,11-12H2,(H,20,21). The first kappa shape index (κ1) is 16.1. The zero-order valence-corrected chi connectivity index (χ0v) is 13.3. The summed E-state index contributed by atoms with van der Waals surface area (Å²) in [6.45, 7) is 3.83. The van der Waals surface area contributed by atoms with Crippen LogP contribution in [0.5, 0.6) is 5.75 Å². The van der Waals surface area contributed by atoms with E-state index in [1.54, 1.807) is 0 Å². The zero-order chi connectivity index (χ0) is 16.1. The highest BCUT2D eigenvalue weighted by atomic mass is 16.5. The van der Waals surface area contributed by atoms with E-state index in [4.69, 9.17) is 14.6 Å². The monoisotopic (exact) mass is 320 g/mol. The minimum absolute atomic E-state index is 0.0110. The number of hydrogen-bond acceptors (Lipinski definition) is 5. The largest absolute Gasteiger partial charge is 0.490 e. The Morgan fingerprint density at radius 1 is 1.39 bits per heavy atom. The van der Waals surface area contributed by atoms with Crippen LogP contribution in [0.4, 0.5) is 5.69 Å². The lowest BCUT2D eigenvalue weighted by Gasteiger charge is -2.30. The number of carboxylic acids is 1. The minimum Gasteiger partial charge on any atom is -0.490 e. The van der Waals surface area contributed by atoms with Crippen LogP contribution in [0.2, 0.25) is 0 Å². The molecule has 0 spiro atoms. The fourth-order valence-electron chi connectivity index (χ4n) is 3.10. The lowest BCUT2D eigenvalue weighted by Crippen LogP contribution is -2.36. The molecular formula is C17H24N2O4. The van der Waals surface area contributed by atoms with E-state index in [1.807, 2.05) is 17.0 Å². The number of aliphatic carboxylic acids is 1. The Hall–Kier alpha value is -1.79. The summed E-state index contributed by atoms with van der Waals surface area (Å²) >= 11 is 0. The van der Waals surface area contributed by atoms with Gasteiger partial charge in [0.25, 0.3) is 0 Å². The van der Waals surface area contributed by atoms with Gasteiger partial charge in [0.1, 0.15) is 18.9 Å². The zero-order valence-electron chi connectivity index (χ0n) is 13.3. The normalized spacial score (nSPS) is 20.2. The molecule has 1 aromatic rings. The molecule has 1 saturated heterocycles. The van der Waals surface area contributed by atoms with E-state index in [0.717, 1.165) is 50.4 Å². The Balaban J connectivity index is 1.54. The number of nitrogens with one attached hydrogen (secondary N) is 1. The number of nitrogens with zero attached hydrogens (tertiary/aromatic N) is 1. The second kappa shape index (κ2) is 7.66. The summed E-state index contributed by atoms with van der Waals surface area (Å²) in [5.41, 5.74) is 2.07. The molecular weight excluding hydrogens is 296 g/mol. The Bertz CT molecular complexity index is 543. The highest BCUT2D eigenvalue weighted by molar-refractivity contribution is 5.75. The van der Waals surface area contributed by atoms with Crippen LogP contribution in [0.15, 0.2) is 18.2 Å². The Kier molecular flexibility index (Phi) is 5.35. The molecule has 1 unspecified atom stereocenters. The predicted octanol–water partition coefficient (Wildman–Crippen LogP) is 1.28. The quantitative estimate of drug-likeness (QED) is 0.738. The maximum atomic E-state index is 11.0. The number of anilines is 1. The van der Waals surface area contributed by atoms with Crippen LogP contribution in [0, 0.1) is 0 Å². The third-order valence-electron chi connectivity index (χ3n) is 4.30. The van der Waals surface area contributed by atoms with E-state index in [2.05, 4.69) is 11.4 Å².